The van der Waals surface area contributed by atoms with Gasteiger partial charge in [-0.15, -0.1) is 0 Å². The third-order valence-corrected chi connectivity index (χ3v) is 6.27. The van der Waals surface area contributed by atoms with Gasteiger partial charge in [0.25, 0.3) is 0 Å². The van der Waals surface area contributed by atoms with Gasteiger partial charge >= 0.3 is 0 Å². The fourth-order valence-electron chi connectivity index (χ4n) is 5.14. The van der Waals surface area contributed by atoms with Gasteiger partial charge in [-0.25, -0.2) is 0 Å². The SMILES string of the molecule is CC1(C)C2CCC13C(=O)N1CCC[C@H]1O[C@@H]3C2. The van der Waals surface area contributed by atoms with Crippen molar-refractivity contribution in [1.29, 1.82) is 0 Å². The molecule has 0 N–H and O–H groups in total. The van der Waals surface area contributed by atoms with Gasteiger partial charge in [0.15, 0.2) is 0 Å². The monoisotopic (exact) mass is 235 g/mol. The molecule has 4 atom stereocenters. The standard InChI is InChI=1S/C14H21NO2/c1-13(2)9-5-6-14(13)10(8-9)17-11-4-3-7-15(11)12(14)16/h9-11H,3-8H2,1-2H3/t9?,10-,11-,14?/m1/s1. The van der Waals surface area contributed by atoms with Gasteiger partial charge in [0.1, 0.15) is 6.23 Å². The van der Waals surface area contributed by atoms with Crippen LogP contribution in [-0.2, 0) is 9.53 Å². The van der Waals surface area contributed by atoms with E-state index in [1.807, 2.05) is 4.90 Å². The van der Waals surface area contributed by atoms with Crippen LogP contribution in [0.3, 0.4) is 0 Å². The molecule has 0 aromatic rings. The smallest absolute Gasteiger partial charge is 0.234 e. The molecule has 2 bridgehead atoms. The Labute approximate surface area is 102 Å². The highest BCUT2D eigenvalue weighted by Gasteiger charge is 2.71. The quantitative estimate of drug-likeness (QED) is 0.644. The average molecular weight is 235 g/mol. The van der Waals surface area contributed by atoms with Gasteiger partial charge in [-0.2, -0.15) is 0 Å². The molecule has 94 valence electrons. The lowest BCUT2D eigenvalue weighted by molar-refractivity contribution is -0.205. The summed E-state index contributed by atoms with van der Waals surface area (Å²) >= 11 is 0. The summed E-state index contributed by atoms with van der Waals surface area (Å²) in [5, 5.41) is 0. The number of ether oxygens (including phenoxy) is 1. The first-order valence-electron chi connectivity index (χ1n) is 7.04. The lowest BCUT2D eigenvalue weighted by Gasteiger charge is -2.49. The molecule has 4 fully saturated rings. The Morgan fingerprint density at radius 1 is 1.35 bits per heavy atom. The second-order valence-corrected chi connectivity index (χ2v) is 6.88. The normalized spacial score (nSPS) is 50.6. The lowest BCUT2D eigenvalue weighted by atomic mass is 9.66. The first-order valence-corrected chi connectivity index (χ1v) is 7.04. The van der Waals surface area contributed by atoms with Crippen LogP contribution < -0.4 is 0 Å². The van der Waals surface area contributed by atoms with Crippen LogP contribution in [0.4, 0.5) is 0 Å². The Hall–Kier alpha value is -0.570. The molecule has 0 radical (unpaired) electrons. The van der Waals surface area contributed by atoms with Crippen LogP contribution in [0.2, 0.25) is 0 Å². The van der Waals surface area contributed by atoms with Crippen molar-refractivity contribution in [2.24, 2.45) is 16.7 Å². The summed E-state index contributed by atoms with van der Waals surface area (Å²) in [6.45, 7) is 5.50. The summed E-state index contributed by atoms with van der Waals surface area (Å²) in [7, 11) is 0. The molecule has 2 aliphatic heterocycles. The molecule has 3 nitrogen and oxygen atoms in total. The Balaban J connectivity index is 1.82. The molecule has 2 unspecified atom stereocenters. The van der Waals surface area contributed by atoms with Crippen LogP contribution in [-0.4, -0.2) is 29.7 Å². The maximum absolute atomic E-state index is 12.9. The molecule has 2 saturated carbocycles. The number of rotatable bonds is 0. The van der Waals surface area contributed by atoms with Gasteiger partial charge in [0, 0.05) is 6.54 Å². The van der Waals surface area contributed by atoms with Crippen molar-refractivity contribution in [2.75, 3.05) is 6.54 Å². The average Bonchev–Trinajstić information content (AvgIpc) is 2.90. The van der Waals surface area contributed by atoms with Crippen molar-refractivity contribution in [3.63, 3.8) is 0 Å². The molecule has 1 spiro atoms. The van der Waals surface area contributed by atoms with Gasteiger partial charge < -0.3 is 9.64 Å². The number of nitrogens with zero attached hydrogens (tertiary/aromatic N) is 1. The molecule has 0 aromatic heterocycles. The second-order valence-electron chi connectivity index (χ2n) is 6.88. The minimum absolute atomic E-state index is 0.105. The van der Waals surface area contributed by atoms with E-state index in [0.29, 0.717) is 11.8 Å². The van der Waals surface area contributed by atoms with E-state index in [0.717, 1.165) is 32.2 Å². The van der Waals surface area contributed by atoms with E-state index in [-0.39, 0.29) is 23.2 Å². The van der Waals surface area contributed by atoms with Crippen LogP contribution >= 0.6 is 0 Å². The van der Waals surface area contributed by atoms with Crippen LogP contribution in [0.15, 0.2) is 0 Å². The van der Waals surface area contributed by atoms with Gasteiger partial charge in [-0.05, 0) is 43.4 Å². The van der Waals surface area contributed by atoms with Crippen molar-refractivity contribution in [3.8, 4) is 0 Å². The van der Waals surface area contributed by atoms with Crippen LogP contribution in [0.5, 0.6) is 0 Å². The van der Waals surface area contributed by atoms with E-state index in [9.17, 15) is 4.79 Å². The fourth-order valence-corrected chi connectivity index (χ4v) is 5.14. The van der Waals surface area contributed by atoms with Crippen molar-refractivity contribution in [2.45, 2.75) is 58.3 Å². The molecule has 2 aliphatic carbocycles. The second kappa shape index (κ2) is 2.87. The molecule has 3 heteroatoms. The molecular weight excluding hydrogens is 214 g/mol. The highest BCUT2D eigenvalue weighted by Crippen LogP contribution is 2.68. The summed E-state index contributed by atoms with van der Waals surface area (Å²) in [5.74, 6) is 1.11. The predicted molar refractivity (Wildman–Crippen MR) is 63.2 cm³/mol. The molecule has 2 saturated heterocycles. The predicted octanol–water partition coefficient (Wildman–Crippen LogP) is 2.16. The van der Waals surface area contributed by atoms with Gasteiger partial charge in [-0.1, -0.05) is 13.8 Å². The van der Waals surface area contributed by atoms with Crippen molar-refractivity contribution >= 4 is 5.91 Å². The van der Waals surface area contributed by atoms with Gasteiger partial charge in [0.05, 0.1) is 11.5 Å². The van der Waals surface area contributed by atoms with E-state index in [1.165, 1.54) is 6.42 Å². The fraction of sp³-hybridized carbons (Fsp3) is 0.929. The zero-order valence-corrected chi connectivity index (χ0v) is 10.7. The molecule has 4 rings (SSSR count). The Kier molecular flexibility index (Phi) is 1.75. The third-order valence-electron chi connectivity index (χ3n) is 6.27. The highest BCUT2D eigenvalue weighted by molar-refractivity contribution is 5.86. The Bertz CT molecular complexity index is 392. The summed E-state index contributed by atoms with van der Waals surface area (Å²) < 4.78 is 6.27. The Morgan fingerprint density at radius 2 is 2.18 bits per heavy atom. The summed E-state index contributed by atoms with van der Waals surface area (Å²) in [6.07, 6.45) is 5.86. The van der Waals surface area contributed by atoms with Gasteiger partial charge in [0.2, 0.25) is 5.91 Å². The number of amides is 1. The molecule has 2 heterocycles. The molecular formula is C14H21NO2. The first kappa shape index (κ1) is 10.4. The molecule has 4 aliphatic rings. The maximum atomic E-state index is 12.9. The molecule has 0 aromatic carbocycles. The first-order chi connectivity index (χ1) is 8.07. The summed E-state index contributed by atoms with van der Waals surface area (Å²) in [6, 6.07) is 0. The van der Waals surface area contributed by atoms with Crippen LogP contribution in [0.1, 0.15) is 46.0 Å². The van der Waals surface area contributed by atoms with Gasteiger partial charge in [-0.3, -0.25) is 4.79 Å². The molecule has 17 heavy (non-hydrogen) atoms. The zero-order valence-electron chi connectivity index (χ0n) is 10.7. The molecule has 1 amide bonds. The lowest BCUT2D eigenvalue weighted by Crippen LogP contribution is -2.60. The number of fused-ring (bicyclic) bond motifs is 2. The van der Waals surface area contributed by atoms with E-state index in [1.54, 1.807) is 0 Å². The number of hydrogen-bond acceptors (Lipinski definition) is 2. The van der Waals surface area contributed by atoms with Crippen LogP contribution in [0, 0.1) is 16.7 Å². The van der Waals surface area contributed by atoms with E-state index < -0.39 is 0 Å². The van der Waals surface area contributed by atoms with Crippen LogP contribution in [0.25, 0.3) is 0 Å². The zero-order chi connectivity index (χ0) is 11.8. The van der Waals surface area contributed by atoms with E-state index in [2.05, 4.69) is 13.8 Å². The minimum Gasteiger partial charge on any atom is -0.354 e. The summed E-state index contributed by atoms with van der Waals surface area (Å²) in [5.41, 5.74) is -0.0409. The minimum atomic E-state index is -0.182. The third kappa shape index (κ3) is 0.939. The summed E-state index contributed by atoms with van der Waals surface area (Å²) in [4.78, 5) is 15.0. The van der Waals surface area contributed by atoms with Crippen molar-refractivity contribution in [1.82, 2.24) is 4.90 Å². The largest absolute Gasteiger partial charge is 0.354 e. The number of carbonyl (C=O) groups excluding carboxylic acids is 1. The number of carbonyl (C=O) groups is 1. The highest BCUT2D eigenvalue weighted by atomic mass is 16.5. The van der Waals surface area contributed by atoms with Crippen molar-refractivity contribution in [3.05, 3.63) is 0 Å². The maximum Gasteiger partial charge on any atom is 0.234 e. The van der Waals surface area contributed by atoms with E-state index >= 15 is 0 Å². The number of hydrogen-bond donors (Lipinski definition) is 0. The Morgan fingerprint density at radius 3 is 2.94 bits per heavy atom. The topological polar surface area (TPSA) is 29.5 Å². The van der Waals surface area contributed by atoms with Crippen molar-refractivity contribution < 1.29 is 9.53 Å². The van der Waals surface area contributed by atoms with E-state index in [4.69, 9.17) is 4.74 Å².